The smallest absolute Gasteiger partial charge is 0.338 e. The molecule has 5 nitrogen and oxygen atoms in total. The number of benzene rings is 1. The molecule has 0 bridgehead atoms. The van der Waals surface area contributed by atoms with Crippen molar-refractivity contribution in [3.05, 3.63) is 29.1 Å². The highest BCUT2D eigenvalue weighted by Crippen LogP contribution is 2.22. The van der Waals surface area contributed by atoms with Gasteiger partial charge in [0.1, 0.15) is 5.82 Å². The summed E-state index contributed by atoms with van der Waals surface area (Å²) < 4.78 is 40.8. The van der Waals surface area contributed by atoms with E-state index in [-0.39, 0.29) is 16.5 Å². The number of carboxylic acid groups (broad SMARTS) is 1. The summed E-state index contributed by atoms with van der Waals surface area (Å²) in [6, 6.07) is 1.84. The van der Waals surface area contributed by atoms with E-state index in [1.807, 2.05) is 0 Å². The van der Waals surface area contributed by atoms with Gasteiger partial charge in [-0.2, -0.15) is 11.8 Å². The Kier molecular flexibility index (Phi) is 4.90. The number of thioether (sulfide) groups is 1. The van der Waals surface area contributed by atoms with Crippen molar-refractivity contribution in [3.8, 4) is 0 Å². The minimum absolute atomic E-state index is 0.00621. The third kappa shape index (κ3) is 3.75. The molecule has 1 saturated heterocycles. The zero-order valence-electron chi connectivity index (χ0n) is 11.4. The van der Waals surface area contributed by atoms with E-state index >= 15 is 0 Å². The third-order valence-corrected chi connectivity index (χ3v) is 5.97. The summed E-state index contributed by atoms with van der Waals surface area (Å²) in [7, 11) is -3.85. The summed E-state index contributed by atoms with van der Waals surface area (Å²) in [5, 5.41) is 8.94. The molecular formula is C13H16FNO4S2. The van der Waals surface area contributed by atoms with Crippen LogP contribution in [0.1, 0.15) is 28.8 Å². The molecule has 0 radical (unpaired) electrons. The molecule has 1 fully saturated rings. The zero-order chi connectivity index (χ0) is 15.6. The van der Waals surface area contributed by atoms with Crippen LogP contribution in [0.15, 0.2) is 17.0 Å². The van der Waals surface area contributed by atoms with E-state index in [1.54, 1.807) is 11.8 Å². The maximum Gasteiger partial charge on any atom is 0.338 e. The first kappa shape index (κ1) is 16.3. The van der Waals surface area contributed by atoms with Crippen LogP contribution >= 0.6 is 11.8 Å². The van der Waals surface area contributed by atoms with E-state index in [2.05, 4.69) is 4.72 Å². The number of sulfonamides is 1. The van der Waals surface area contributed by atoms with E-state index < -0.39 is 27.4 Å². The maximum absolute atomic E-state index is 13.7. The van der Waals surface area contributed by atoms with Crippen LogP contribution in [0, 0.1) is 12.7 Å². The van der Waals surface area contributed by atoms with Crippen LogP contribution in [-0.2, 0) is 10.0 Å². The zero-order valence-corrected chi connectivity index (χ0v) is 13.1. The lowest BCUT2D eigenvalue weighted by molar-refractivity contribution is 0.0691. The predicted molar refractivity (Wildman–Crippen MR) is 78.8 cm³/mol. The Labute approximate surface area is 127 Å². The summed E-state index contributed by atoms with van der Waals surface area (Å²) in [6.07, 6.45) is 1.68. The van der Waals surface area contributed by atoms with Crippen molar-refractivity contribution in [3.63, 3.8) is 0 Å². The van der Waals surface area contributed by atoms with Crippen LogP contribution in [-0.4, -0.2) is 37.0 Å². The standard InChI is InChI=1S/C13H16FNO4S2/c1-8-5-10(6-11(12(8)14)13(16)17)21(18,19)15-9-3-2-4-20-7-9/h5-6,9,15H,2-4,7H2,1H3,(H,16,17). The molecular weight excluding hydrogens is 317 g/mol. The number of hydrogen-bond donors (Lipinski definition) is 2. The fraction of sp³-hybridized carbons (Fsp3) is 0.462. The Hall–Kier alpha value is -1.12. The van der Waals surface area contributed by atoms with Crippen LogP contribution in [0.2, 0.25) is 0 Å². The van der Waals surface area contributed by atoms with Gasteiger partial charge in [-0.05, 0) is 43.2 Å². The number of aromatic carboxylic acids is 1. The number of halogens is 1. The molecule has 2 rings (SSSR count). The van der Waals surface area contributed by atoms with E-state index in [9.17, 15) is 17.6 Å². The SMILES string of the molecule is Cc1cc(S(=O)(=O)NC2CCCSC2)cc(C(=O)O)c1F. The Morgan fingerprint density at radius 2 is 2.19 bits per heavy atom. The molecule has 8 heteroatoms. The minimum atomic E-state index is -3.85. The molecule has 1 aliphatic rings. The number of aryl methyl sites for hydroxylation is 1. The lowest BCUT2D eigenvalue weighted by atomic mass is 10.1. The first-order valence-electron chi connectivity index (χ1n) is 6.45. The molecule has 1 atom stereocenters. The van der Waals surface area contributed by atoms with Crippen molar-refractivity contribution in [1.82, 2.24) is 4.72 Å². The molecule has 1 aromatic rings. The normalized spacial score (nSPS) is 19.4. The van der Waals surface area contributed by atoms with Gasteiger partial charge in [-0.1, -0.05) is 0 Å². The lowest BCUT2D eigenvalue weighted by Gasteiger charge is -2.22. The number of nitrogens with one attached hydrogen (secondary N) is 1. The molecule has 0 saturated carbocycles. The molecule has 0 aromatic heterocycles. The predicted octanol–water partition coefficient (Wildman–Crippen LogP) is 2.01. The van der Waals surface area contributed by atoms with Gasteiger partial charge < -0.3 is 5.11 Å². The van der Waals surface area contributed by atoms with Crippen molar-refractivity contribution >= 4 is 27.8 Å². The van der Waals surface area contributed by atoms with Crippen molar-refractivity contribution in [2.24, 2.45) is 0 Å². The van der Waals surface area contributed by atoms with Gasteiger partial charge in [-0.25, -0.2) is 22.3 Å². The minimum Gasteiger partial charge on any atom is -0.478 e. The van der Waals surface area contributed by atoms with Gasteiger partial charge in [0, 0.05) is 11.8 Å². The van der Waals surface area contributed by atoms with Crippen LogP contribution in [0.25, 0.3) is 0 Å². The lowest BCUT2D eigenvalue weighted by Crippen LogP contribution is -2.38. The van der Waals surface area contributed by atoms with Gasteiger partial charge in [-0.3, -0.25) is 0 Å². The summed E-state index contributed by atoms with van der Waals surface area (Å²) in [6.45, 7) is 1.34. The molecule has 1 aliphatic heterocycles. The Balaban J connectivity index is 2.33. The van der Waals surface area contributed by atoms with Crippen LogP contribution in [0.5, 0.6) is 0 Å². The summed E-state index contributed by atoms with van der Waals surface area (Å²) in [5.74, 6) is -0.696. The van der Waals surface area contributed by atoms with E-state index in [4.69, 9.17) is 5.11 Å². The molecule has 116 valence electrons. The molecule has 21 heavy (non-hydrogen) atoms. The van der Waals surface area contributed by atoms with E-state index in [0.29, 0.717) is 5.75 Å². The fourth-order valence-electron chi connectivity index (χ4n) is 2.17. The van der Waals surface area contributed by atoms with Crippen molar-refractivity contribution in [2.75, 3.05) is 11.5 Å². The Morgan fingerprint density at radius 3 is 2.76 bits per heavy atom. The first-order valence-corrected chi connectivity index (χ1v) is 9.08. The third-order valence-electron chi connectivity index (χ3n) is 3.25. The number of carboxylic acids is 1. The van der Waals surface area contributed by atoms with Gasteiger partial charge in [0.05, 0.1) is 10.5 Å². The Bertz CT molecular complexity index is 654. The average molecular weight is 333 g/mol. The summed E-state index contributed by atoms with van der Waals surface area (Å²) in [5.41, 5.74) is -0.637. The van der Waals surface area contributed by atoms with E-state index in [0.717, 1.165) is 30.7 Å². The van der Waals surface area contributed by atoms with Gasteiger partial charge >= 0.3 is 5.97 Å². The molecule has 0 amide bonds. The van der Waals surface area contributed by atoms with Crippen LogP contribution in [0.4, 0.5) is 4.39 Å². The number of hydrogen-bond acceptors (Lipinski definition) is 4. The molecule has 1 aromatic carbocycles. The molecule has 0 aliphatic carbocycles. The van der Waals surface area contributed by atoms with Crippen molar-refractivity contribution < 1.29 is 22.7 Å². The van der Waals surface area contributed by atoms with E-state index in [1.165, 1.54) is 6.92 Å². The summed E-state index contributed by atoms with van der Waals surface area (Å²) in [4.78, 5) is 10.8. The van der Waals surface area contributed by atoms with Gasteiger partial charge in [0.15, 0.2) is 0 Å². The number of carbonyl (C=O) groups is 1. The maximum atomic E-state index is 13.7. The largest absolute Gasteiger partial charge is 0.478 e. The quantitative estimate of drug-likeness (QED) is 0.880. The van der Waals surface area contributed by atoms with Crippen LogP contribution in [0.3, 0.4) is 0 Å². The highest BCUT2D eigenvalue weighted by molar-refractivity contribution is 7.99. The fourth-order valence-corrected chi connectivity index (χ4v) is 4.73. The van der Waals surface area contributed by atoms with Gasteiger partial charge in [0.25, 0.3) is 0 Å². The van der Waals surface area contributed by atoms with Gasteiger partial charge in [0.2, 0.25) is 10.0 Å². The monoisotopic (exact) mass is 333 g/mol. The first-order chi connectivity index (χ1) is 9.81. The molecule has 1 heterocycles. The second-order valence-corrected chi connectivity index (χ2v) is 7.81. The van der Waals surface area contributed by atoms with Crippen molar-refractivity contribution in [2.45, 2.75) is 30.7 Å². The van der Waals surface area contributed by atoms with Crippen molar-refractivity contribution in [1.29, 1.82) is 0 Å². The average Bonchev–Trinajstić information content (AvgIpc) is 2.41. The topological polar surface area (TPSA) is 83.5 Å². The highest BCUT2D eigenvalue weighted by Gasteiger charge is 2.25. The second kappa shape index (κ2) is 6.33. The van der Waals surface area contributed by atoms with Crippen LogP contribution < -0.4 is 4.72 Å². The molecule has 2 N–H and O–H groups in total. The Morgan fingerprint density at radius 1 is 1.48 bits per heavy atom. The second-order valence-electron chi connectivity index (χ2n) is 4.94. The number of rotatable bonds is 4. The summed E-state index contributed by atoms with van der Waals surface area (Å²) >= 11 is 1.67. The molecule has 0 spiro atoms. The molecule has 1 unspecified atom stereocenters. The highest BCUT2D eigenvalue weighted by atomic mass is 32.2. The van der Waals surface area contributed by atoms with Gasteiger partial charge in [-0.15, -0.1) is 0 Å².